The molecule has 23 heavy (non-hydrogen) atoms. The van der Waals surface area contributed by atoms with E-state index in [1.54, 1.807) is 0 Å². The smallest absolute Gasteiger partial charge is 0.352 e. The number of methoxy groups -OCH3 is 1. The number of unbranched alkanes of at least 4 members (excludes halogenated alkanes) is 4. The van der Waals surface area contributed by atoms with Crippen LogP contribution in [0, 0.1) is 0 Å². The number of aromatic amines is 1. The number of aromatic nitrogens is 1. The number of aromatic carboxylic acids is 1. The lowest BCUT2D eigenvalue weighted by atomic mass is 10.0. The van der Waals surface area contributed by atoms with Crippen molar-refractivity contribution in [3.63, 3.8) is 0 Å². The number of ether oxygens (including phenoxy) is 1. The van der Waals surface area contributed by atoms with Crippen LogP contribution in [0.2, 0.25) is 0 Å². The number of carbonyl (C=O) groups is 1. The van der Waals surface area contributed by atoms with Crippen LogP contribution in [0.5, 0.6) is 5.75 Å². The predicted molar refractivity (Wildman–Crippen MR) is 90.5 cm³/mol. The highest BCUT2D eigenvalue weighted by molar-refractivity contribution is 5.92. The molecule has 1 aromatic heterocycles. The average Bonchev–Trinajstić information content (AvgIpc) is 2.54. The molecule has 1 heterocycles. The Kier molecular flexibility index (Phi) is 5.79. The van der Waals surface area contributed by atoms with Crippen molar-refractivity contribution in [1.29, 1.82) is 0 Å². The van der Waals surface area contributed by atoms with Gasteiger partial charge < -0.3 is 14.8 Å². The van der Waals surface area contributed by atoms with Gasteiger partial charge in [0.15, 0.2) is 5.43 Å². The molecule has 2 rings (SSSR count). The maximum absolute atomic E-state index is 12.2. The number of hydrogen-bond donors (Lipinski definition) is 2. The highest BCUT2D eigenvalue weighted by Gasteiger charge is 2.12. The Balaban J connectivity index is 2.32. The molecule has 5 nitrogen and oxygen atoms in total. The quantitative estimate of drug-likeness (QED) is 0.727. The molecule has 2 N–H and O–H groups in total. The van der Waals surface area contributed by atoms with Gasteiger partial charge in [-0.15, -0.1) is 0 Å². The largest absolute Gasteiger partial charge is 0.495 e. The normalized spacial score (nSPS) is 10.9. The summed E-state index contributed by atoms with van der Waals surface area (Å²) in [4.78, 5) is 26.1. The van der Waals surface area contributed by atoms with Crippen LogP contribution in [0.4, 0.5) is 0 Å². The lowest BCUT2D eigenvalue weighted by Gasteiger charge is -2.10. The summed E-state index contributed by atoms with van der Waals surface area (Å²) in [5, 5.41) is 9.53. The van der Waals surface area contributed by atoms with E-state index in [-0.39, 0.29) is 11.1 Å². The van der Waals surface area contributed by atoms with Crippen molar-refractivity contribution < 1.29 is 14.6 Å². The van der Waals surface area contributed by atoms with E-state index >= 15 is 0 Å². The van der Waals surface area contributed by atoms with E-state index in [1.807, 2.05) is 12.1 Å². The summed E-state index contributed by atoms with van der Waals surface area (Å²) >= 11 is 0. The monoisotopic (exact) mass is 317 g/mol. The number of benzene rings is 1. The van der Waals surface area contributed by atoms with Gasteiger partial charge in [-0.05, 0) is 30.5 Å². The number of hydrogen-bond acceptors (Lipinski definition) is 3. The fourth-order valence-electron chi connectivity index (χ4n) is 2.73. The second-order valence-corrected chi connectivity index (χ2v) is 5.74. The number of aryl methyl sites for hydroxylation is 1. The molecule has 0 bridgehead atoms. The second kappa shape index (κ2) is 7.81. The highest BCUT2D eigenvalue weighted by atomic mass is 16.5. The molecule has 0 radical (unpaired) electrons. The number of carboxylic acid groups (broad SMARTS) is 1. The Hall–Kier alpha value is -2.30. The topological polar surface area (TPSA) is 79.4 Å². The SMILES string of the molecule is CCCCCCCc1cc(OC)c2[nH]c(C(=O)O)cc(=O)c2c1. The first-order valence-electron chi connectivity index (χ1n) is 8.04. The van der Waals surface area contributed by atoms with E-state index in [0.717, 1.165) is 24.5 Å². The van der Waals surface area contributed by atoms with Crippen molar-refractivity contribution in [2.45, 2.75) is 45.4 Å². The van der Waals surface area contributed by atoms with Crippen molar-refractivity contribution in [3.8, 4) is 5.75 Å². The highest BCUT2D eigenvalue weighted by Crippen LogP contribution is 2.25. The van der Waals surface area contributed by atoms with Crippen molar-refractivity contribution in [3.05, 3.63) is 39.7 Å². The molecule has 0 aliphatic carbocycles. The first-order valence-corrected chi connectivity index (χ1v) is 8.04. The van der Waals surface area contributed by atoms with Crippen LogP contribution < -0.4 is 10.2 Å². The first-order chi connectivity index (χ1) is 11.1. The van der Waals surface area contributed by atoms with Gasteiger partial charge in [-0.2, -0.15) is 0 Å². The lowest BCUT2D eigenvalue weighted by Crippen LogP contribution is -2.10. The Morgan fingerprint density at radius 3 is 2.57 bits per heavy atom. The van der Waals surface area contributed by atoms with E-state index in [9.17, 15) is 9.59 Å². The van der Waals surface area contributed by atoms with Crippen LogP contribution in [-0.2, 0) is 6.42 Å². The predicted octanol–water partition coefficient (Wildman–Crippen LogP) is 3.75. The molecule has 5 heteroatoms. The molecular weight excluding hydrogens is 294 g/mol. The summed E-state index contributed by atoms with van der Waals surface area (Å²) in [5.41, 5.74) is 1.04. The van der Waals surface area contributed by atoms with Crippen LogP contribution in [0.1, 0.15) is 55.1 Å². The molecule has 0 aliphatic rings. The minimum absolute atomic E-state index is 0.131. The molecule has 0 saturated heterocycles. The summed E-state index contributed by atoms with van der Waals surface area (Å²) in [7, 11) is 1.52. The van der Waals surface area contributed by atoms with Crippen LogP contribution in [0.15, 0.2) is 23.0 Å². The van der Waals surface area contributed by atoms with E-state index in [4.69, 9.17) is 9.84 Å². The third-order valence-electron chi connectivity index (χ3n) is 3.98. The second-order valence-electron chi connectivity index (χ2n) is 5.74. The van der Waals surface area contributed by atoms with E-state index < -0.39 is 5.97 Å². The molecule has 0 fully saturated rings. The standard InChI is InChI=1S/C18H23NO4/c1-3-4-5-6-7-8-12-9-13-15(20)11-14(18(21)22)19-17(13)16(10-12)23-2/h9-11H,3-8H2,1-2H3,(H,19,20)(H,21,22). The Morgan fingerprint density at radius 1 is 1.17 bits per heavy atom. The maximum atomic E-state index is 12.2. The molecule has 0 spiro atoms. The molecule has 0 unspecified atom stereocenters. The number of pyridine rings is 1. The minimum atomic E-state index is -1.16. The summed E-state index contributed by atoms with van der Waals surface area (Å²) in [6.45, 7) is 2.19. The van der Waals surface area contributed by atoms with Gasteiger partial charge in [0.1, 0.15) is 11.4 Å². The number of fused-ring (bicyclic) bond motifs is 1. The Bertz CT molecular complexity index is 749. The van der Waals surface area contributed by atoms with E-state index in [0.29, 0.717) is 16.7 Å². The van der Waals surface area contributed by atoms with Gasteiger partial charge in [-0.1, -0.05) is 32.6 Å². The lowest BCUT2D eigenvalue weighted by molar-refractivity contribution is 0.0691. The molecular formula is C18H23NO4. The van der Waals surface area contributed by atoms with Gasteiger partial charge in [-0.3, -0.25) is 4.79 Å². The van der Waals surface area contributed by atoms with Gasteiger partial charge in [0, 0.05) is 11.5 Å². The van der Waals surface area contributed by atoms with Crippen LogP contribution in [0.3, 0.4) is 0 Å². The maximum Gasteiger partial charge on any atom is 0.352 e. The molecule has 124 valence electrons. The van der Waals surface area contributed by atoms with Crippen molar-refractivity contribution >= 4 is 16.9 Å². The van der Waals surface area contributed by atoms with Gasteiger partial charge in [0.25, 0.3) is 0 Å². The molecule has 0 amide bonds. The van der Waals surface area contributed by atoms with Gasteiger partial charge >= 0.3 is 5.97 Å². The summed E-state index contributed by atoms with van der Waals surface area (Å²) in [5.74, 6) is -0.655. The fraction of sp³-hybridized carbons (Fsp3) is 0.444. The van der Waals surface area contributed by atoms with Gasteiger partial charge in [0.05, 0.1) is 12.6 Å². The van der Waals surface area contributed by atoms with Crippen LogP contribution in [0.25, 0.3) is 10.9 Å². The molecule has 0 atom stereocenters. The third kappa shape index (κ3) is 4.12. The van der Waals surface area contributed by atoms with Crippen molar-refractivity contribution in [2.75, 3.05) is 7.11 Å². The Morgan fingerprint density at radius 2 is 1.91 bits per heavy atom. The van der Waals surface area contributed by atoms with Crippen molar-refractivity contribution in [1.82, 2.24) is 4.98 Å². The van der Waals surface area contributed by atoms with Gasteiger partial charge in [-0.25, -0.2) is 4.79 Å². The zero-order valence-corrected chi connectivity index (χ0v) is 13.6. The molecule has 0 aliphatic heterocycles. The number of nitrogens with one attached hydrogen (secondary N) is 1. The summed E-state index contributed by atoms with van der Waals surface area (Å²) in [6, 6.07) is 4.83. The average molecular weight is 317 g/mol. The minimum Gasteiger partial charge on any atom is -0.495 e. The zero-order chi connectivity index (χ0) is 16.8. The third-order valence-corrected chi connectivity index (χ3v) is 3.98. The number of carboxylic acids is 1. The Labute approximate surface area is 135 Å². The molecule has 0 saturated carbocycles. The van der Waals surface area contributed by atoms with Crippen LogP contribution >= 0.6 is 0 Å². The first kappa shape index (κ1) is 17.1. The van der Waals surface area contributed by atoms with E-state index in [1.165, 1.54) is 32.8 Å². The fourth-order valence-corrected chi connectivity index (χ4v) is 2.73. The van der Waals surface area contributed by atoms with Gasteiger partial charge in [0.2, 0.25) is 0 Å². The molecule has 2 aromatic rings. The molecule has 1 aromatic carbocycles. The zero-order valence-electron chi connectivity index (χ0n) is 13.6. The van der Waals surface area contributed by atoms with Crippen LogP contribution in [-0.4, -0.2) is 23.2 Å². The number of rotatable bonds is 8. The van der Waals surface area contributed by atoms with E-state index in [2.05, 4.69) is 11.9 Å². The summed E-state index contributed by atoms with van der Waals surface area (Å²) in [6.07, 6.45) is 6.81. The number of H-pyrrole nitrogens is 1. The summed E-state index contributed by atoms with van der Waals surface area (Å²) < 4.78 is 5.34. The van der Waals surface area contributed by atoms with Crippen molar-refractivity contribution in [2.24, 2.45) is 0 Å².